The van der Waals surface area contributed by atoms with Crippen LogP contribution in [0.2, 0.25) is 0 Å². The molecule has 0 aromatic heterocycles. The fourth-order valence-electron chi connectivity index (χ4n) is 7.60. The summed E-state index contributed by atoms with van der Waals surface area (Å²) in [7, 11) is 0. The minimum atomic E-state index is -0.799. The van der Waals surface area contributed by atoms with Gasteiger partial charge in [0.25, 0.3) is 0 Å². The summed E-state index contributed by atoms with van der Waals surface area (Å²) < 4.78 is 5.90. The number of aliphatic hydroxyl groups is 2. The summed E-state index contributed by atoms with van der Waals surface area (Å²) in [5.41, 5.74) is 0. The topological polar surface area (TPSA) is 95.9 Å². The summed E-state index contributed by atoms with van der Waals surface area (Å²) in [6.07, 6.45) is 56.0. The average Bonchev–Trinajstić information content (AvgIpc) is 3.23. The molecule has 0 aliphatic rings. The third kappa shape index (κ3) is 42.3. The van der Waals surface area contributed by atoms with Crippen molar-refractivity contribution in [2.75, 3.05) is 6.61 Å². The number of amides is 1. The van der Waals surface area contributed by atoms with Crippen molar-refractivity contribution in [3.8, 4) is 0 Å². The number of hydrogen-bond donors (Lipinski definition) is 3. The molecule has 0 rings (SSSR count). The summed E-state index contributed by atoms with van der Waals surface area (Å²) >= 11 is 0. The number of hydrogen-bond acceptors (Lipinski definition) is 5. The molecule has 344 valence electrons. The minimum Gasteiger partial charge on any atom is -0.462 e. The highest BCUT2D eigenvalue weighted by Gasteiger charge is 2.24. The molecule has 3 atom stereocenters. The molecule has 6 nitrogen and oxygen atoms in total. The van der Waals surface area contributed by atoms with Crippen molar-refractivity contribution >= 4 is 11.9 Å². The molecule has 1 amide bonds. The highest BCUT2D eigenvalue weighted by molar-refractivity contribution is 5.77. The van der Waals surface area contributed by atoms with E-state index in [0.29, 0.717) is 19.3 Å². The van der Waals surface area contributed by atoms with Crippen molar-refractivity contribution < 1.29 is 24.5 Å². The first kappa shape index (κ1) is 56.8. The van der Waals surface area contributed by atoms with Gasteiger partial charge in [0.1, 0.15) is 6.10 Å². The number of carbonyl (C=O) groups excluding carboxylic acids is 2. The maximum absolute atomic E-state index is 13.2. The molecule has 59 heavy (non-hydrogen) atoms. The van der Waals surface area contributed by atoms with E-state index in [4.69, 9.17) is 4.74 Å². The lowest BCUT2D eigenvalue weighted by molar-refractivity contribution is -0.151. The van der Waals surface area contributed by atoms with Crippen molar-refractivity contribution in [3.05, 3.63) is 48.6 Å². The van der Waals surface area contributed by atoms with Crippen LogP contribution in [0, 0.1) is 0 Å². The smallest absolute Gasteiger partial charge is 0.306 e. The van der Waals surface area contributed by atoms with Crippen LogP contribution in [0.25, 0.3) is 0 Å². The Bertz CT molecular complexity index is 1020. The van der Waals surface area contributed by atoms with Gasteiger partial charge in [-0.25, -0.2) is 0 Å². The molecular formula is C53H97NO5. The number of esters is 1. The molecule has 6 heteroatoms. The zero-order valence-corrected chi connectivity index (χ0v) is 39.1. The Balaban J connectivity index is 4.65. The lowest BCUT2D eigenvalue weighted by Crippen LogP contribution is -2.46. The molecule has 3 unspecified atom stereocenters. The molecule has 0 spiro atoms. The van der Waals surface area contributed by atoms with Crippen molar-refractivity contribution in [3.63, 3.8) is 0 Å². The summed E-state index contributed by atoms with van der Waals surface area (Å²) in [5.74, 6) is -0.522. The van der Waals surface area contributed by atoms with E-state index in [1.165, 1.54) is 128 Å². The van der Waals surface area contributed by atoms with Gasteiger partial charge in [-0.3, -0.25) is 9.59 Å². The van der Waals surface area contributed by atoms with Crippen LogP contribution >= 0.6 is 0 Å². The number of rotatable bonds is 45. The molecule has 0 aromatic carbocycles. The molecule has 0 bridgehead atoms. The zero-order chi connectivity index (χ0) is 43.1. The van der Waals surface area contributed by atoms with E-state index in [1.807, 2.05) is 0 Å². The van der Waals surface area contributed by atoms with Gasteiger partial charge < -0.3 is 20.3 Å². The van der Waals surface area contributed by atoms with Crippen molar-refractivity contribution in [2.24, 2.45) is 0 Å². The second-order valence-electron chi connectivity index (χ2n) is 17.2. The standard InChI is InChI=1S/C53H97NO5/c1-4-7-10-13-16-19-22-24-26-28-31-34-37-40-43-46-53(58)59-49(44-41-38-35-32-30-27-25-23-20-17-14-11-8-5-2)47-52(57)54-50(48-55)51(56)45-42-39-36-33-29-21-18-15-12-9-6-3/h8,11,17,20,25,27,32,35,49-51,55-56H,4-7,9-10,12-16,18-19,21-24,26,28-31,33-34,36-48H2,1-3H3,(H,54,57)/b11-8+,20-17+,27-25+,35-32+. The first-order valence-electron chi connectivity index (χ1n) is 25.4. The predicted molar refractivity (Wildman–Crippen MR) is 255 cm³/mol. The van der Waals surface area contributed by atoms with E-state index in [2.05, 4.69) is 74.7 Å². The fourth-order valence-corrected chi connectivity index (χ4v) is 7.60. The summed E-state index contributed by atoms with van der Waals surface area (Å²) in [4.78, 5) is 26.1. The molecule has 0 heterocycles. The molecule has 0 fully saturated rings. The van der Waals surface area contributed by atoms with Gasteiger partial charge in [0, 0.05) is 6.42 Å². The number of carbonyl (C=O) groups is 2. The second kappa shape index (κ2) is 46.9. The van der Waals surface area contributed by atoms with Crippen LogP contribution in [-0.2, 0) is 14.3 Å². The van der Waals surface area contributed by atoms with Gasteiger partial charge in [0.15, 0.2) is 0 Å². The SMILES string of the molecule is CC/C=C/C/C=C/C/C=C/C/C=C/CCCC(CC(=O)NC(CO)C(O)CCCCCCCCCCCCC)OC(=O)CCCCCCCCCCCCCCCCC. The quantitative estimate of drug-likeness (QED) is 0.0323. The zero-order valence-electron chi connectivity index (χ0n) is 39.1. The van der Waals surface area contributed by atoms with Gasteiger partial charge >= 0.3 is 5.97 Å². The largest absolute Gasteiger partial charge is 0.462 e. The second-order valence-corrected chi connectivity index (χ2v) is 17.2. The molecule has 3 N–H and O–H groups in total. The monoisotopic (exact) mass is 828 g/mol. The summed E-state index contributed by atoms with van der Waals surface area (Å²) in [5, 5.41) is 23.7. The Morgan fingerprint density at radius 2 is 0.915 bits per heavy atom. The van der Waals surface area contributed by atoms with Gasteiger partial charge in [-0.05, 0) is 57.8 Å². The first-order chi connectivity index (χ1) is 29.0. The number of nitrogens with one attached hydrogen (secondary N) is 1. The third-order valence-corrected chi connectivity index (χ3v) is 11.4. The van der Waals surface area contributed by atoms with Crippen LogP contribution in [0.5, 0.6) is 0 Å². The van der Waals surface area contributed by atoms with Crippen molar-refractivity contribution in [1.82, 2.24) is 5.32 Å². The Morgan fingerprint density at radius 1 is 0.508 bits per heavy atom. The number of ether oxygens (including phenoxy) is 1. The Labute approximate surface area is 366 Å². The predicted octanol–water partition coefficient (Wildman–Crippen LogP) is 15.1. The molecule has 0 aromatic rings. The normalized spacial score (nSPS) is 13.6. The van der Waals surface area contributed by atoms with E-state index < -0.39 is 18.2 Å². The third-order valence-electron chi connectivity index (χ3n) is 11.4. The highest BCUT2D eigenvalue weighted by Crippen LogP contribution is 2.17. The molecule has 0 aliphatic carbocycles. The lowest BCUT2D eigenvalue weighted by atomic mass is 10.0. The summed E-state index contributed by atoms with van der Waals surface area (Å²) in [6.45, 7) is 6.35. The number of aliphatic hydroxyl groups excluding tert-OH is 2. The minimum absolute atomic E-state index is 0.0421. The highest BCUT2D eigenvalue weighted by atomic mass is 16.5. The van der Waals surface area contributed by atoms with Crippen LogP contribution in [-0.4, -0.2) is 46.9 Å². The Hall–Kier alpha value is -2.18. The van der Waals surface area contributed by atoms with Gasteiger partial charge in [0.2, 0.25) is 5.91 Å². The molecule has 0 aliphatic heterocycles. The Kier molecular flexibility index (Phi) is 45.1. The van der Waals surface area contributed by atoms with Crippen molar-refractivity contribution in [1.29, 1.82) is 0 Å². The van der Waals surface area contributed by atoms with Crippen LogP contribution in [0.1, 0.15) is 252 Å². The van der Waals surface area contributed by atoms with Crippen LogP contribution in [0.15, 0.2) is 48.6 Å². The van der Waals surface area contributed by atoms with E-state index in [0.717, 1.165) is 77.0 Å². The molecule has 0 saturated carbocycles. The van der Waals surface area contributed by atoms with Gasteiger partial charge in [-0.15, -0.1) is 0 Å². The molecule has 0 radical (unpaired) electrons. The maximum atomic E-state index is 13.2. The van der Waals surface area contributed by atoms with Gasteiger partial charge in [0.05, 0.1) is 25.2 Å². The van der Waals surface area contributed by atoms with E-state index in [1.54, 1.807) is 0 Å². The van der Waals surface area contributed by atoms with Gasteiger partial charge in [-0.1, -0.05) is 230 Å². The van der Waals surface area contributed by atoms with Crippen LogP contribution in [0.3, 0.4) is 0 Å². The molecular weight excluding hydrogens is 731 g/mol. The van der Waals surface area contributed by atoms with Crippen LogP contribution in [0.4, 0.5) is 0 Å². The number of allylic oxidation sites excluding steroid dienone is 8. The first-order valence-corrected chi connectivity index (χ1v) is 25.4. The lowest BCUT2D eigenvalue weighted by Gasteiger charge is -2.24. The summed E-state index contributed by atoms with van der Waals surface area (Å²) in [6, 6.07) is -0.716. The fraction of sp³-hybridized carbons (Fsp3) is 0.811. The molecule has 0 saturated heterocycles. The van der Waals surface area contributed by atoms with Gasteiger partial charge in [-0.2, -0.15) is 0 Å². The Morgan fingerprint density at radius 3 is 1.36 bits per heavy atom. The number of unbranched alkanes of at least 4 members (excludes halogenated alkanes) is 25. The van der Waals surface area contributed by atoms with E-state index in [-0.39, 0.29) is 24.9 Å². The average molecular weight is 828 g/mol. The van der Waals surface area contributed by atoms with Crippen LogP contribution < -0.4 is 5.32 Å². The van der Waals surface area contributed by atoms with Crippen molar-refractivity contribution in [2.45, 2.75) is 270 Å². The van der Waals surface area contributed by atoms with E-state index in [9.17, 15) is 19.8 Å². The van der Waals surface area contributed by atoms with E-state index >= 15 is 0 Å². The maximum Gasteiger partial charge on any atom is 0.306 e.